The number of hydrogen-bond donors (Lipinski definition) is 0. The molecular formula is C9H12OS. The molecule has 0 aliphatic carbocycles. The number of rotatable bonds is 1. The van der Waals surface area contributed by atoms with E-state index in [1.165, 1.54) is 23.3 Å². The highest BCUT2D eigenvalue weighted by Gasteiger charge is 2.19. The first kappa shape index (κ1) is 7.32. The molecule has 2 heteroatoms. The molecular weight excluding hydrogens is 156 g/mol. The van der Waals surface area contributed by atoms with Crippen molar-refractivity contribution in [2.24, 2.45) is 0 Å². The maximum absolute atomic E-state index is 5.59. The lowest BCUT2D eigenvalue weighted by Crippen LogP contribution is -1.93. The smallest absolute Gasteiger partial charge is 0.0920 e. The summed E-state index contributed by atoms with van der Waals surface area (Å²) in [5.74, 6) is 0. The topological polar surface area (TPSA) is 9.23 Å². The van der Waals surface area contributed by atoms with Crippen molar-refractivity contribution in [3.8, 4) is 0 Å². The van der Waals surface area contributed by atoms with E-state index < -0.39 is 0 Å². The van der Waals surface area contributed by atoms with Gasteiger partial charge in [-0.25, -0.2) is 0 Å². The Labute approximate surface area is 71.0 Å². The minimum atomic E-state index is 0.412. The van der Waals surface area contributed by atoms with Gasteiger partial charge in [0, 0.05) is 11.5 Å². The average Bonchev–Trinajstić information content (AvgIpc) is 2.55. The van der Waals surface area contributed by atoms with Crippen molar-refractivity contribution in [2.75, 3.05) is 6.61 Å². The number of hydrogen-bond acceptors (Lipinski definition) is 2. The van der Waals surface area contributed by atoms with Crippen molar-refractivity contribution in [1.82, 2.24) is 0 Å². The summed E-state index contributed by atoms with van der Waals surface area (Å²) in [7, 11) is 0. The van der Waals surface area contributed by atoms with Gasteiger partial charge in [-0.2, -0.15) is 0 Å². The third kappa shape index (κ3) is 1.33. The summed E-state index contributed by atoms with van der Waals surface area (Å²) in [5, 5.41) is 2.15. The highest BCUT2D eigenvalue weighted by molar-refractivity contribution is 7.10. The molecule has 1 nitrogen and oxygen atoms in total. The molecule has 1 aliphatic heterocycles. The molecule has 0 saturated carbocycles. The zero-order valence-electron chi connectivity index (χ0n) is 6.67. The summed E-state index contributed by atoms with van der Waals surface area (Å²) in [6, 6.07) is 2.17. The summed E-state index contributed by atoms with van der Waals surface area (Å²) in [6.45, 7) is 3.11. The van der Waals surface area contributed by atoms with Crippen LogP contribution in [-0.4, -0.2) is 6.61 Å². The zero-order valence-corrected chi connectivity index (χ0v) is 7.49. The van der Waals surface area contributed by atoms with E-state index in [2.05, 4.69) is 18.4 Å². The first-order valence-electron chi connectivity index (χ1n) is 4.03. The van der Waals surface area contributed by atoms with Gasteiger partial charge in [-0.1, -0.05) is 0 Å². The lowest BCUT2D eigenvalue weighted by molar-refractivity contribution is 0.114. The normalized spacial score (nSPS) is 24.3. The molecule has 0 amide bonds. The molecule has 1 aromatic heterocycles. The summed E-state index contributed by atoms with van der Waals surface area (Å²) in [5.41, 5.74) is 1.39. The van der Waals surface area contributed by atoms with Crippen LogP contribution in [0.15, 0.2) is 11.4 Å². The largest absolute Gasteiger partial charge is 0.373 e. The molecule has 1 aromatic rings. The minimum absolute atomic E-state index is 0.412. The van der Waals surface area contributed by atoms with Gasteiger partial charge in [0.2, 0.25) is 0 Å². The number of aryl methyl sites for hydroxylation is 1. The van der Waals surface area contributed by atoms with Crippen LogP contribution in [0, 0.1) is 6.92 Å². The fraction of sp³-hybridized carbons (Fsp3) is 0.556. The Kier molecular flexibility index (Phi) is 1.96. The van der Waals surface area contributed by atoms with E-state index >= 15 is 0 Å². The second kappa shape index (κ2) is 2.95. The molecule has 60 valence electrons. The monoisotopic (exact) mass is 168 g/mol. The van der Waals surface area contributed by atoms with Crippen molar-refractivity contribution >= 4 is 11.3 Å². The molecule has 0 bridgehead atoms. The zero-order chi connectivity index (χ0) is 7.68. The third-order valence-electron chi connectivity index (χ3n) is 2.12. The summed E-state index contributed by atoms with van der Waals surface area (Å²) in [6.07, 6.45) is 2.85. The van der Waals surface area contributed by atoms with Crippen LogP contribution >= 0.6 is 11.3 Å². The highest BCUT2D eigenvalue weighted by atomic mass is 32.1. The molecule has 1 fully saturated rings. The fourth-order valence-electron chi connectivity index (χ4n) is 1.50. The highest BCUT2D eigenvalue weighted by Crippen LogP contribution is 2.33. The van der Waals surface area contributed by atoms with E-state index in [0.717, 1.165) is 6.61 Å². The molecule has 0 spiro atoms. The maximum atomic E-state index is 5.59. The SMILES string of the molecule is Cc1ccsc1C1CCCO1. The van der Waals surface area contributed by atoms with Gasteiger partial charge < -0.3 is 4.74 Å². The summed E-state index contributed by atoms with van der Waals surface area (Å²) < 4.78 is 5.59. The van der Waals surface area contributed by atoms with Crippen LogP contribution in [-0.2, 0) is 4.74 Å². The molecule has 1 saturated heterocycles. The molecule has 2 heterocycles. The van der Waals surface area contributed by atoms with E-state index in [1.54, 1.807) is 0 Å². The number of thiophene rings is 1. The van der Waals surface area contributed by atoms with Crippen molar-refractivity contribution in [3.63, 3.8) is 0 Å². The van der Waals surface area contributed by atoms with Crippen molar-refractivity contribution in [3.05, 3.63) is 21.9 Å². The Hall–Kier alpha value is -0.340. The van der Waals surface area contributed by atoms with Gasteiger partial charge in [0.25, 0.3) is 0 Å². The van der Waals surface area contributed by atoms with Gasteiger partial charge in [0.1, 0.15) is 0 Å². The van der Waals surface area contributed by atoms with Crippen LogP contribution in [0.5, 0.6) is 0 Å². The van der Waals surface area contributed by atoms with Crippen molar-refractivity contribution in [1.29, 1.82) is 0 Å². The van der Waals surface area contributed by atoms with E-state index in [0.29, 0.717) is 6.10 Å². The first-order valence-corrected chi connectivity index (χ1v) is 4.91. The van der Waals surface area contributed by atoms with Gasteiger partial charge >= 0.3 is 0 Å². The van der Waals surface area contributed by atoms with Gasteiger partial charge in [-0.15, -0.1) is 11.3 Å². The van der Waals surface area contributed by atoms with E-state index in [4.69, 9.17) is 4.74 Å². The second-order valence-corrected chi connectivity index (χ2v) is 3.92. The standard InChI is InChI=1S/C9H12OS/c1-7-4-6-11-9(7)8-3-2-5-10-8/h4,6,8H,2-3,5H2,1H3. The van der Waals surface area contributed by atoms with E-state index in [-0.39, 0.29) is 0 Å². The Bertz CT molecular complexity index is 235. The lowest BCUT2D eigenvalue weighted by atomic mass is 10.1. The molecule has 2 rings (SSSR count). The van der Waals surface area contributed by atoms with E-state index in [1.807, 2.05) is 11.3 Å². The predicted octanol–water partition coefficient (Wildman–Crippen LogP) is 2.91. The quantitative estimate of drug-likeness (QED) is 0.626. The molecule has 1 atom stereocenters. The molecule has 0 radical (unpaired) electrons. The Balaban J connectivity index is 2.21. The fourth-order valence-corrected chi connectivity index (χ4v) is 2.51. The van der Waals surface area contributed by atoms with Crippen LogP contribution in [0.1, 0.15) is 29.4 Å². The molecule has 0 N–H and O–H groups in total. The predicted molar refractivity (Wildman–Crippen MR) is 47.0 cm³/mol. The van der Waals surface area contributed by atoms with Crippen LogP contribution in [0.3, 0.4) is 0 Å². The maximum Gasteiger partial charge on any atom is 0.0920 e. The van der Waals surface area contributed by atoms with Crippen LogP contribution in [0.4, 0.5) is 0 Å². The van der Waals surface area contributed by atoms with Gasteiger partial charge in [-0.05, 0) is 36.8 Å². The van der Waals surface area contributed by atoms with Crippen LogP contribution in [0.2, 0.25) is 0 Å². The van der Waals surface area contributed by atoms with Crippen molar-refractivity contribution in [2.45, 2.75) is 25.9 Å². The molecule has 1 aliphatic rings. The lowest BCUT2D eigenvalue weighted by Gasteiger charge is -2.07. The first-order chi connectivity index (χ1) is 5.38. The second-order valence-electron chi connectivity index (χ2n) is 2.97. The van der Waals surface area contributed by atoms with Gasteiger partial charge in [0.05, 0.1) is 6.10 Å². The van der Waals surface area contributed by atoms with Crippen LogP contribution in [0.25, 0.3) is 0 Å². The minimum Gasteiger partial charge on any atom is -0.373 e. The Morgan fingerprint density at radius 1 is 1.64 bits per heavy atom. The van der Waals surface area contributed by atoms with Gasteiger partial charge in [0.15, 0.2) is 0 Å². The average molecular weight is 168 g/mol. The molecule has 1 unspecified atom stereocenters. The van der Waals surface area contributed by atoms with Crippen LogP contribution < -0.4 is 0 Å². The summed E-state index contributed by atoms with van der Waals surface area (Å²) in [4.78, 5) is 1.43. The molecule has 11 heavy (non-hydrogen) atoms. The number of ether oxygens (including phenoxy) is 1. The molecule has 0 aromatic carbocycles. The van der Waals surface area contributed by atoms with Gasteiger partial charge in [-0.3, -0.25) is 0 Å². The Morgan fingerprint density at radius 2 is 2.55 bits per heavy atom. The van der Waals surface area contributed by atoms with Crippen molar-refractivity contribution < 1.29 is 4.74 Å². The van der Waals surface area contributed by atoms with E-state index in [9.17, 15) is 0 Å². The third-order valence-corrected chi connectivity index (χ3v) is 3.23. The Morgan fingerprint density at radius 3 is 3.09 bits per heavy atom. The summed E-state index contributed by atoms with van der Waals surface area (Å²) >= 11 is 1.82.